The zero-order chi connectivity index (χ0) is 14.8. The Morgan fingerprint density at radius 2 is 2.14 bits per heavy atom. The molecule has 1 aromatic heterocycles. The first-order chi connectivity index (χ1) is 10.2. The minimum absolute atomic E-state index is 0.0661. The Balaban J connectivity index is 1.82. The van der Waals surface area contributed by atoms with Gasteiger partial charge in [0.25, 0.3) is 0 Å². The van der Waals surface area contributed by atoms with Crippen LogP contribution >= 0.6 is 11.3 Å². The third-order valence-electron chi connectivity index (χ3n) is 3.94. The zero-order valence-corrected chi connectivity index (χ0v) is 13.2. The van der Waals surface area contributed by atoms with Crippen LogP contribution in [-0.4, -0.2) is 23.4 Å². The van der Waals surface area contributed by atoms with E-state index in [0.29, 0.717) is 13.1 Å². The third kappa shape index (κ3) is 2.81. The Bertz CT molecular complexity index is 621. The standard InChI is InChI=1S/C17H20N2OS/c1-12(2)19(11-13-6-5-9-21-13)17(20)15-10-18-16-8-4-3-7-14(15)16/h3-9,12,15,18H,10-11H2,1-2H3. The molecule has 0 fully saturated rings. The van der Waals surface area contributed by atoms with Gasteiger partial charge in [0.05, 0.1) is 12.5 Å². The van der Waals surface area contributed by atoms with Crippen LogP contribution in [-0.2, 0) is 11.3 Å². The Morgan fingerprint density at radius 3 is 2.86 bits per heavy atom. The lowest BCUT2D eigenvalue weighted by atomic mass is 9.99. The average Bonchev–Trinajstić information content (AvgIpc) is 3.13. The molecule has 0 saturated heterocycles. The van der Waals surface area contributed by atoms with Crippen molar-refractivity contribution in [2.24, 2.45) is 0 Å². The highest BCUT2D eigenvalue weighted by Crippen LogP contribution is 2.33. The molecule has 0 radical (unpaired) electrons. The lowest BCUT2D eigenvalue weighted by Gasteiger charge is -2.29. The lowest BCUT2D eigenvalue weighted by molar-refractivity contribution is -0.134. The molecule has 4 heteroatoms. The molecule has 0 saturated carbocycles. The van der Waals surface area contributed by atoms with Crippen molar-refractivity contribution < 1.29 is 4.79 Å². The summed E-state index contributed by atoms with van der Waals surface area (Å²) in [5.74, 6) is 0.152. The van der Waals surface area contributed by atoms with E-state index in [1.807, 2.05) is 29.2 Å². The zero-order valence-electron chi connectivity index (χ0n) is 12.4. The molecule has 110 valence electrons. The van der Waals surface area contributed by atoms with E-state index in [2.05, 4.69) is 36.7 Å². The number of hydrogen-bond donors (Lipinski definition) is 1. The molecule has 0 bridgehead atoms. The summed E-state index contributed by atoms with van der Waals surface area (Å²) in [6.07, 6.45) is 0. The second-order valence-electron chi connectivity index (χ2n) is 5.66. The molecule has 3 nitrogen and oxygen atoms in total. The first-order valence-corrected chi connectivity index (χ1v) is 8.20. The third-order valence-corrected chi connectivity index (χ3v) is 4.80. The summed E-state index contributed by atoms with van der Waals surface area (Å²) in [6.45, 7) is 5.57. The maximum atomic E-state index is 13.0. The highest BCUT2D eigenvalue weighted by atomic mass is 32.1. The van der Waals surface area contributed by atoms with Crippen LogP contribution in [0.5, 0.6) is 0 Å². The van der Waals surface area contributed by atoms with Gasteiger partial charge in [0.15, 0.2) is 0 Å². The van der Waals surface area contributed by atoms with E-state index in [9.17, 15) is 4.79 Å². The Morgan fingerprint density at radius 1 is 1.33 bits per heavy atom. The summed E-state index contributed by atoms with van der Waals surface area (Å²) in [6, 6.07) is 12.4. The number of hydrogen-bond acceptors (Lipinski definition) is 3. The summed E-state index contributed by atoms with van der Waals surface area (Å²) in [5, 5.41) is 5.40. The second-order valence-corrected chi connectivity index (χ2v) is 6.69. The number of fused-ring (bicyclic) bond motifs is 1. The van der Waals surface area contributed by atoms with Crippen LogP contribution in [0.4, 0.5) is 5.69 Å². The largest absolute Gasteiger partial charge is 0.384 e. The van der Waals surface area contributed by atoms with Gasteiger partial charge < -0.3 is 10.2 Å². The van der Waals surface area contributed by atoms with E-state index in [0.717, 1.165) is 11.3 Å². The molecule has 0 spiro atoms. The van der Waals surface area contributed by atoms with E-state index in [4.69, 9.17) is 0 Å². The van der Waals surface area contributed by atoms with Crippen molar-refractivity contribution in [2.75, 3.05) is 11.9 Å². The fourth-order valence-electron chi connectivity index (χ4n) is 2.79. The van der Waals surface area contributed by atoms with Crippen LogP contribution in [0.15, 0.2) is 41.8 Å². The number of thiophene rings is 1. The first kappa shape index (κ1) is 14.1. The summed E-state index contributed by atoms with van der Waals surface area (Å²) in [5.41, 5.74) is 2.22. The molecule has 2 aromatic rings. The molecule has 1 atom stereocenters. The Labute approximate surface area is 129 Å². The minimum atomic E-state index is -0.0661. The summed E-state index contributed by atoms with van der Waals surface area (Å²) < 4.78 is 0. The SMILES string of the molecule is CC(C)N(Cc1cccs1)C(=O)C1CNc2ccccc21. The van der Waals surface area contributed by atoms with E-state index in [-0.39, 0.29) is 17.9 Å². The number of anilines is 1. The van der Waals surface area contributed by atoms with Crippen molar-refractivity contribution in [1.82, 2.24) is 4.90 Å². The van der Waals surface area contributed by atoms with Crippen LogP contribution < -0.4 is 5.32 Å². The smallest absolute Gasteiger partial charge is 0.232 e. The summed E-state index contributed by atoms with van der Waals surface area (Å²) in [7, 11) is 0. The molecule has 1 N–H and O–H groups in total. The quantitative estimate of drug-likeness (QED) is 0.934. The maximum Gasteiger partial charge on any atom is 0.232 e. The van der Waals surface area contributed by atoms with Gasteiger partial charge in [0, 0.05) is 23.2 Å². The van der Waals surface area contributed by atoms with Crippen molar-refractivity contribution in [2.45, 2.75) is 32.4 Å². The van der Waals surface area contributed by atoms with Gasteiger partial charge in [-0.3, -0.25) is 4.79 Å². The van der Waals surface area contributed by atoms with Crippen LogP contribution in [0.25, 0.3) is 0 Å². The molecule has 2 heterocycles. The monoisotopic (exact) mass is 300 g/mol. The van der Waals surface area contributed by atoms with Crippen LogP contribution in [0.3, 0.4) is 0 Å². The summed E-state index contributed by atoms with van der Waals surface area (Å²) in [4.78, 5) is 16.2. The molecule has 0 aliphatic carbocycles. The van der Waals surface area contributed by atoms with Gasteiger partial charge in [-0.2, -0.15) is 0 Å². The number of rotatable bonds is 4. The Kier molecular flexibility index (Phi) is 3.97. The van der Waals surface area contributed by atoms with E-state index in [1.165, 1.54) is 4.88 Å². The molecule has 21 heavy (non-hydrogen) atoms. The Hall–Kier alpha value is -1.81. The first-order valence-electron chi connectivity index (χ1n) is 7.32. The molecule has 1 unspecified atom stereocenters. The molecular formula is C17H20N2OS. The van der Waals surface area contributed by atoms with Gasteiger partial charge in [-0.25, -0.2) is 0 Å². The number of benzene rings is 1. The van der Waals surface area contributed by atoms with Crippen LogP contribution in [0.2, 0.25) is 0 Å². The van der Waals surface area contributed by atoms with Gasteiger partial charge in [0.2, 0.25) is 5.91 Å². The number of nitrogens with zero attached hydrogens (tertiary/aromatic N) is 1. The second kappa shape index (κ2) is 5.90. The molecular weight excluding hydrogens is 280 g/mol. The highest BCUT2D eigenvalue weighted by Gasteiger charge is 2.32. The van der Waals surface area contributed by atoms with Gasteiger partial charge in [-0.15, -0.1) is 11.3 Å². The molecule has 3 rings (SSSR count). The molecule has 1 amide bonds. The predicted molar refractivity (Wildman–Crippen MR) is 87.7 cm³/mol. The van der Waals surface area contributed by atoms with Gasteiger partial charge in [-0.1, -0.05) is 24.3 Å². The van der Waals surface area contributed by atoms with Crippen molar-refractivity contribution in [3.05, 3.63) is 52.2 Å². The van der Waals surface area contributed by atoms with Gasteiger partial charge in [0.1, 0.15) is 0 Å². The number of nitrogens with one attached hydrogen (secondary N) is 1. The predicted octanol–water partition coefficient (Wildman–Crippen LogP) is 3.69. The summed E-state index contributed by atoms with van der Waals surface area (Å²) >= 11 is 1.70. The average molecular weight is 300 g/mol. The topological polar surface area (TPSA) is 32.3 Å². The minimum Gasteiger partial charge on any atom is -0.384 e. The molecule has 1 aliphatic heterocycles. The van der Waals surface area contributed by atoms with Crippen molar-refractivity contribution in [3.63, 3.8) is 0 Å². The van der Waals surface area contributed by atoms with E-state index < -0.39 is 0 Å². The van der Waals surface area contributed by atoms with Crippen LogP contribution in [0.1, 0.15) is 30.2 Å². The number of amides is 1. The maximum absolute atomic E-state index is 13.0. The van der Waals surface area contributed by atoms with Gasteiger partial charge in [-0.05, 0) is 36.9 Å². The van der Waals surface area contributed by atoms with E-state index in [1.54, 1.807) is 11.3 Å². The fraction of sp³-hybridized carbons (Fsp3) is 0.353. The highest BCUT2D eigenvalue weighted by molar-refractivity contribution is 7.09. The van der Waals surface area contributed by atoms with Crippen LogP contribution in [0, 0.1) is 0 Å². The van der Waals surface area contributed by atoms with Crippen molar-refractivity contribution >= 4 is 22.9 Å². The number of para-hydroxylation sites is 1. The van der Waals surface area contributed by atoms with E-state index >= 15 is 0 Å². The fourth-order valence-corrected chi connectivity index (χ4v) is 3.49. The molecule has 1 aromatic carbocycles. The lowest BCUT2D eigenvalue weighted by Crippen LogP contribution is -2.40. The number of carbonyl (C=O) groups excluding carboxylic acids is 1. The number of carbonyl (C=O) groups is 1. The van der Waals surface area contributed by atoms with Gasteiger partial charge >= 0.3 is 0 Å². The van der Waals surface area contributed by atoms with Crippen molar-refractivity contribution in [1.29, 1.82) is 0 Å². The normalized spacial score (nSPS) is 16.6. The van der Waals surface area contributed by atoms with Crippen molar-refractivity contribution in [3.8, 4) is 0 Å². The molecule has 1 aliphatic rings.